The van der Waals surface area contributed by atoms with E-state index in [1.54, 1.807) is 0 Å². The number of hydrogen-bond donors (Lipinski definition) is 0. The van der Waals surface area contributed by atoms with Crippen LogP contribution in [0.4, 0.5) is 0 Å². The third-order valence-electron chi connectivity index (χ3n) is 3.99. The smallest absolute Gasteiger partial charge is 0.166 e. The standard InChI is InChI=1S/C17H22O/c1-2-3-13-16(14-9-7-8-10-14)17(18)15-11-5-4-6-12-15/h2-6,11-12,14,16H,7-10,13H2,1H3/b3-2+. The van der Waals surface area contributed by atoms with Crippen molar-refractivity contribution in [2.45, 2.75) is 39.0 Å². The van der Waals surface area contributed by atoms with Crippen molar-refractivity contribution in [3.63, 3.8) is 0 Å². The molecular formula is C17H22O. The van der Waals surface area contributed by atoms with Gasteiger partial charge < -0.3 is 0 Å². The molecule has 0 heterocycles. The molecule has 96 valence electrons. The summed E-state index contributed by atoms with van der Waals surface area (Å²) in [6, 6.07) is 9.76. The molecule has 0 amide bonds. The minimum Gasteiger partial charge on any atom is -0.294 e. The number of Topliss-reactive ketones (excluding diaryl/α,β-unsaturated/α-hetero) is 1. The lowest BCUT2D eigenvalue weighted by molar-refractivity contribution is 0.0874. The molecule has 1 aromatic rings. The predicted molar refractivity (Wildman–Crippen MR) is 75.7 cm³/mol. The SMILES string of the molecule is C/C=C/CC(C(=O)c1ccccc1)C1CCCC1. The van der Waals surface area contributed by atoms with E-state index in [1.807, 2.05) is 37.3 Å². The topological polar surface area (TPSA) is 17.1 Å². The maximum Gasteiger partial charge on any atom is 0.166 e. The average molecular weight is 242 g/mol. The summed E-state index contributed by atoms with van der Waals surface area (Å²) < 4.78 is 0. The first-order valence-corrected chi connectivity index (χ1v) is 7.03. The predicted octanol–water partition coefficient (Wildman–Crippen LogP) is 4.64. The van der Waals surface area contributed by atoms with Gasteiger partial charge in [0.15, 0.2) is 5.78 Å². The molecule has 1 aliphatic rings. The van der Waals surface area contributed by atoms with Gasteiger partial charge in [0.05, 0.1) is 0 Å². The molecule has 1 fully saturated rings. The third kappa shape index (κ3) is 3.10. The van der Waals surface area contributed by atoms with Gasteiger partial charge in [0, 0.05) is 11.5 Å². The zero-order valence-corrected chi connectivity index (χ0v) is 11.1. The van der Waals surface area contributed by atoms with Gasteiger partial charge in [-0.05, 0) is 32.1 Å². The van der Waals surface area contributed by atoms with Gasteiger partial charge in [-0.25, -0.2) is 0 Å². The quantitative estimate of drug-likeness (QED) is 0.543. The molecule has 1 unspecified atom stereocenters. The molecule has 1 aromatic carbocycles. The van der Waals surface area contributed by atoms with E-state index in [4.69, 9.17) is 0 Å². The van der Waals surface area contributed by atoms with Gasteiger partial charge in [0.1, 0.15) is 0 Å². The Labute approximate surface area is 110 Å². The number of benzene rings is 1. The molecule has 18 heavy (non-hydrogen) atoms. The molecule has 1 heteroatoms. The van der Waals surface area contributed by atoms with Gasteiger partial charge in [-0.3, -0.25) is 4.79 Å². The molecule has 1 nitrogen and oxygen atoms in total. The van der Waals surface area contributed by atoms with Gasteiger partial charge >= 0.3 is 0 Å². The second-order valence-electron chi connectivity index (χ2n) is 5.19. The summed E-state index contributed by atoms with van der Waals surface area (Å²) >= 11 is 0. The van der Waals surface area contributed by atoms with Crippen molar-refractivity contribution in [2.75, 3.05) is 0 Å². The summed E-state index contributed by atoms with van der Waals surface area (Å²) in [5.74, 6) is 1.11. The zero-order valence-electron chi connectivity index (χ0n) is 11.1. The first kappa shape index (κ1) is 13.1. The van der Waals surface area contributed by atoms with Crippen LogP contribution in [0.25, 0.3) is 0 Å². The van der Waals surface area contributed by atoms with Crippen molar-refractivity contribution in [1.29, 1.82) is 0 Å². The fourth-order valence-corrected chi connectivity index (χ4v) is 2.97. The maximum atomic E-state index is 12.6. The molecule has 1 aliphatic carbocycles. The highest BCUT2D eigenvalue weighted by Crippen LogP contribution is 2.35. The van der Waals surface area contributed by atoms with E-state index < -0.39 is 0 Å². The van der Waals surface area contributed by atoms with E-state index in [1.165, 1.54) is 25.7 Å². The van der Waals surface area contributed by atoms with Crippen molar-refractivity contribution >= 4 is 5.78 Å². The summed E-state index contributed by atoms with van der Waals surface area (Å²) in [6.07, 6.45) is 10.1. The Morgan fingerprint density at radius 2 is 1.94 bits per heavy atom. The van der Waals surface area contributed by atoms with Gasteiger partial charge in [-0.2, -0.15) is 0 Å². The van der Waals surface area contributed by atoms with Gasteiger partial charge in [0.2, 0.25) is 0 Å². The van der Waals surface area contributed by atoms with E-state index in [0.29, 0.717) is 11.7 Å². The number of hydrogen-bond acceptors (Lipinski definition) is 1. The first-order valence-electron chi connectivity index (χ1n) is 7.03. The fraction of sp³-hybridized carbons (Fsp3) is 0.471. The monoisotopic (exact) mass is 242 g/mol. The van der Waals surface area contributed by atoms with Crippen LogP contribution in [0.1, 0.15) is 49.4 Å². The molecule has 0 N–H and O–H groups in total. The molecular weight excluding hydrogens is 220 g/mol. The lowest BCUT2D eigenvalue weighted by atomic mass is 9.82. The highest BCUT2D eigenvalue weighted by molar-refractivity contribution is 5.98. The van der Waals surface area contributed by atoms with Crippen LogP contribution in [-0.2, 0) is 0 Å². The van der Waals surface area contributed by atoms with Crippen LogP contribution in [0.3, 0.4) is 0 Å². The molecule has 0 radical (unpaired) electrons. The largest absolute Gasteiger partial charge is 0.294 e. The molecule has 0 aliphatic heterocycles. The van der Waals surface area contributed by atoms with Gasteiger partial charge in [0.25, 0.3) is 0 Å². The van der Waals surface area contributed by atoms with Crippen LogP contribution in [-0.4, -0.2) is 5.78 Å². The van der Waals surface area contributed by atoms with E-state index in [2.05, 4.69) is 12.2 Å². The van der Waals surface area contributed by atoms with Crippen molar-refractivity contribution < 1.29 is 4.79 Å². The summed E-state index contributed by atoms with van der Waals surface area (Å²) in [5, 5.41) is 0. The Hall–Kier alpha value is -1.37. The summed E-state index contributed by atoms with van der Waals surface area (Å²) in [5.41, 5.74) is 0.874. The van der Waals surface area contributed by atoms with Crippen molar-refractivity contribution in [3.05, 3.63) is 48.0 Å². The maximum absolute atomic E-state index is 12.6. The minimum atomic E-state index is 0.186. The molecule has 0 bridgehead atoms. The van der Waals surface area contributed by atoms with Gasteiger partial charge in [-0.15, -0.1) is 0 Å². The number of ketones is 1. The Balaban J connectivity index is 2.14. The number of rotatable bonds is 5. The summed E-state index contributed by atoms with van der Waals surface area (Å²) in [7, 11) is 0. The molecule has 2 rings (SSSR count). The lowest BCUT2D eigenvalue weighted by Gasteiger charge is -2.21. The number of carbonyl (C=O) groups is 1. The fourth-order valence-electron chi connectivity index (χ4n) is 2.97. The van der Waals surface area contributed by atoms with Crippen LogP contribution in [0.2, 0.25) is 0 Å². The molecule has 0 spiro atoms. The average Bonchev–Trinajstić information content (AvgIpc) is 2.94. The van der Waals surface area contributed by atoms with E-state index in [0.717, 1.165) is 12.0 Å². The second-order valence-corrected chi connectivity index (χ2v) is 5.19. The minimum absolute atomic E-state index is 0.186. The van der Waals surface area contributed by atoms with Crippen LogP contribution in [0, 0.1) is 11.8 Å². The highest BCUT2D eigenvalue weighted by atomic mass is 16.1. The van der Waals surface area contributed by atoms with Crippen molar-refractivity contribution in [2.24, 2.45) is 11.8 Å². The highest BCUT2D eigenvalue weighted by Gasteiger charge is 2.29. The zero-order chi connectivity index (χ0) is 12.8. The number of allylic oxidation sites excluding steroid dienone is 2. The second kappa shape index (κ2) is 6.53. The van der Waals surface area contributed by atoms with Crippen LogP contribution < -0.4 is 0 Å². The number of carbonyl (C=O) groups excluding carboxylic acids is 1. The first-order chi connectivity index (χ1) is 8.83. The lowest BCUT2D eigenvalue weighted by Crippen LogP contribution is -2.21. The Morgan fingerprint density at radius 1 is 1.28 bits per heavy atom. The van der Waals surface area contributed by atoms with Gasteiger partial charge in [-0.1, -0.05) is 55.3 Å². The Bertz CT molecular complexity index is 399. The molecule has 1 saturated carbocycles. The van der Waals surface area contributed by atoms with Crippen LogP contribution >= 0.6 is 0 Å². The summed E-state index contributed by atoms with van der Waals surface area (Å²) in [6.45, 7) is 2.03. The normalized spacial score (nSPS) is 18.3. The Morgan fingerprint density at radius 3 is 2.56 bits per heavy atom. The Kier molecular flexibility index (Phi) is 4.74. The third-order valence-corrected chi connectivity index (χ3v) is 3.99. The summed E-state index contributed by atoms with van der Waals surface area (Å²) in [4.78, 5) is 12.6. The van der Waals surface area contributed by atoms with Crippen LogP contribution in [0.5, 0.6) is 0 Å². The molecule has 0 aromatic heterocycles. The van der Waals surface area contributed by atoms with Crippen LogP contribution in [0.15, 0.2) is 42.5 Å². The molecule has 0 saturated heterocycles. The van der Waals surface area contributed by atoms with E-state index >= 15 is 0 Å². The van der Waals surface area contributed by atoms with E-state index in [9.17, 15) is 4.79 Å². The van der Waals surface area contributed by atoms with Crippen molar-refractivity contribution in [3.8, 4) is 0 Å². The van der Waals surface area contributed by atoms with E-state index in [-0.39, 0.29) is 5.92 Å². The van der Waals surface area contributed by atoms with Crippen molar-refractivity contribution in [1.82, 2.24) is 0 Å². The molecule has 1 atom stereocenters.